The van der Waals surface area contributed by atoms with Crippen LogP contribution in [0.4, 0.5) is 18.9 Å². The number of rotatable bonds is 5. The first kappa shape index (κ1) is 16.9. The molecule has 0 radical (unpaired) electrons. The van der Waals surface area contributed by atoms with Crippen molar-refractivity contribution >= 4 is 11.7 Å². The molecule has 1 aliphatic carbocycles. The van der Waals surface area contributed by atoms with Crippen molar-refractivity contribution in [3.05, 3.63) is 47.1 Å². The lowest BCUT2D eigenvalue weighted by atomic mass is 9.96. The maximum atomic E-state index is 12.5. The van der Waals surface area contributed by atoms with Crippen molar-refractivity contribution in [3.63, 3.8) is 0 Å². The van der Waals surface area contributed by atoms with Crippen LogP contribution >= 0.6 is 0 Å². The molecule has 2 rings (SSSR count). The molecule has 0 aromatic heterocycles. The predicted octanol–water partition coefficient (Wildman–Crippen LogP) is 4.10. The van der Waals surface area contributed by atoms with Crippen molar-refractivity contribution in [2.75, 3.05) is 11.9 Å². The average Bonchev–Trinajstić information content (AvgIpc) is 2.48. The fourth-order valence-corrected chi connectivity index (χ4v) is 2.31. The molecule has 0 saturated carbocycles. The van der Waals surface area contributed by atoms with E-state index in [9.17, 15) is 23.1 Å². The molecule has 0 bridgehead atoms. The molecule has 1 aliphatic rings. The molecular formula is C16H16F3NO3. The van der Waals surface area contributed by atoms with Crippen LogP contribution in [-0.4, -0.2) is 28.9 Å². The van der Waals surface area contributed by atoms with Crippen LogP contribution in [0.2, 0.25) is 0 Å². The van der Waals surface area contributed by atoms with Gasteiger partial charge < -0.3 is 15.5 Å². The third kappa shape index (κ3) is 4.51. The molecule has 0 amide bonds. The lowest BCUT2D eigenvalue weighted by Crippen LogP contribution is -2.14. The molecule has 23 heavy (non-hydrogen) atoms. The minimum atomic E-state index is -4.26. The first-order chi connectivity index (χ1) is 10.8. The number of carboxylic acid groups (broad SMARTS) is 1. The van der Waals surface area contributed by atoms with E-state index >= 15 is 0 Å². The van der Waals surface area contributed by atoms with Gasteiger partial charge in [0.2, 0.25) is 0 Å². The largest absolute Gasteiger partial charge is 0.507 e. The van der Waals surface area contributed by atoms with Gasteiger partial charge in [-0.25, -0.2) is 4.79 Å². The van der Waals surface area contributed by atoms with Gasteiger partial charge in [-0.1, -0.05) is 17.7 Å². The van der Waals surface area contributed by atoms with E-state index in [1.807, 2.05) is 0 Å². The van der Waals surface area contributed by atoms with Crippen LogP contribution in [0.25, 0.3) is 0 Å². The van der Waals surface area contributed by atoms with Gasteiger partial charge in [-0.2, -0.15) is 13.2 Å². The second-order valence-electron chi connectivity index (χ2n) is 5.23. The van der Waals surface area contributed by atoms with Crippen LogP contribution in [0, 0.1) is 0 Å². The number of carboxylic acids is 1. The Balaban J connectivity index is 1.91. The molecule has 0 fully saturated rings. The lowest BCUT2D eigenvalue weighted by molar-refractivity contribution is -0.0941. The topological polar surface area (TPSA) is 69.6 Å². The first-order valence-corrected chi connectivity index (χ1v) is 7.03. The van der Waals surface area contributed by atoms with Gasteiger partial charge in [0.1, 0.15) is 11.3 Å². The van der Waals surface area contributed by atoms with Gasteiger partial charge in [0.05, 0.1) is 0 Å². The Bertz CT molecular complexity index is 663. The van der Waals surface area contributed by atoms with Crippen LogP contribution in [0.3, 0.4) is 0 Å². The molecule has 124 valence electrons. The zero-order valence-corrected chi connectivity index (χ0v) is 12.2. The van der Waals surface area contributed by atoms with Crippen LogP contribution in [0.15, 0.2) is 41.5 Å². The molecular weight excluding hydrogens is 311 g/mol. The molecule has 0 saturated heterocycles. The zero-order valence-electron chi connectivity index (χ0n) is 12.2. The highest BCUT2D eigenvalue weighted by Gasteiger charge is 2.33. The number of hydrogen-bond acceptors (Lipinski definition) is 3. The quantitative estimate of drug-likeness (QED) is 0.712. The fourth-order valence-electron chi connectivity index (χ4n) is 2.31. The Labute approximate surface area is 130 Å². The van der Waals surface area contributed by atoms with Crippen LogP contribution in [0.1, 0.15) is 29.6 Å². The van der Waals surface area contributed by atoms with Crippen molar-refractivity contribution < 1.29 is 28.2 Å². The molecule has 1 aromatic carbocycles. The van der Waals surface area contributed by atoms with Crippen LogP contribution < -0.4 is 5.32 Å². The van der Waals surface area contributed by atoms with Crippen molar-refractivity contribution in [2.45, 2.75) is 25.4 Å². The fraction of sp³-hybridized carbons (Fsp3) is 0.312. The highest BCUT2D eigenvalue weighted by molar-refractivity contribution is 5.91. The molecule has 0 atom stereocenters. The summed E-state index contributed by atoms with van der Waals surface area (Å²) in [6.07, 6.45) is -0.749. The molecule has 0 aliphatic heterocycles. The van der Waals surface area contributed by atoms with E-state index in [0.717, 1.165) is 11.6 Å². The Kier molecular flexibility index (Phi) is 4.98. The van der Waals surface area contributed by atoms with Crippen LogP contribution in [0.5, 0.6) is 5.75 Å². The maximum Gasteiger partial charge on any atom is 0.412 e. The second-order valence-corrected chi connectivity index (χ2v) is 5.23. The molecule has 7 heteroatoms. The number of anilines is 1. The number of carbonyl (C=O) groups is 1. The van der Waals surface area contributed by atoms with E-state index in [1.165, 1.54) is 18.2 Å². The monoisotopic (exact) mass is 327 g/mol. The van der Waals surface area contributed by atoms with Gasteiger partial charge in [0, 0.05) is 17.8 Å². The van der Waals surface area contributed by atoms with Gasteiger partial charge in [0.15, 0.2) is 0 Å². The number of aromatic carboxylic acids is 1. The van der Waals surface area contributed by atoms with E-state index in [1.54, 1.807) is 6.07 Å². The summed E-state index contributed by atoms with van der Waals surface area (Å²) < 4.78 is 37.5. The number of halogens is 3. The molecule has 1 aromatic rings. The van der Waals surface area contributed by atoms with Gasteiger partial charge >= 0.3 is 12.1 Å². The highest BCUT2D eigenvalue weighted by atomic mass is 19.4. The normalized spacial score (nSPS) is 14.9. The third-order valence-corrected chi connectivity index (χ3v) is 3.60. The summed E-state index contributed by atoms with van der Waals surface area (Å²) in [5.41, 5.74) is 0.717. The minimum absolute atomic E-state index is 0.0162. The van der Waals surface area contributed by atoms with Crippen molar-refractivity contribution in [1.29, 1.82) is 0 Å². The minimum Gasteiger partial charge on any atom is -0.507 e. The zero-order chi connectivity index (χ0) is 17.0. The standard InChI is InChI=1S/C16H16F3NO3/c17-16(18,19)11-3-1-10(2-4-11)7-8-20-12-5-6-14(21)13(9-12)15(22)23/h1,3,5-6,9,20-21H,2,4,7-8H2,(H,22,23). The SMILES string of the molecule is O=C(O)c1cc(NCCC2=CC=C(C(F)(F)F)CC2)ccc1O. The highest BCUT2D eigenvalue weighted by Crippen LogP contribution is 2.33. The van der Waals surface area contributed by atoms with E-state index in [4.69, 9.17) is 5.11 Å². The third-order valence-electron chi connectivity index (χ3n) is 3.60. The van der Waals surface area contributed by atoms with E-state index in [-0.39, 0.29) is 17.7 Å². The number of nitrogens with one attached hydrogen (secondary N) is 1. The van der Waals surface area contributed by atoms with Crippen LogP contribution in [-0.2, 0) is 0 Å². The smallest absolute Gasteiger partial charge is 0.412 e. The number of allylic oxidation sites excluding steroid dienone is 3. The number of aromatic hydroxyl groups is 1. The van der Waals surface area contributed by atoms with Gasteiger partial charge in [0.25, 0.3) is 0 Å². The predicted molar refractivity (Wildman–Crippen MR) is 79.6 cm³/mol. The Morgan fingerprint density at radius 2 is 1.96 bits per heavy atom. The lowest BCUT2D eigenvalue weighted by Gasteiger charge is -2.17. The number of phenols is 1. The van der Waals surface area contributed by atoms with E-state index in [2.05, 4.69) is 5.32 Å². The summed E-state index contributed by atoms with van der Waals surface area (Å²) in [5.74, 6) is -1.55. The average molecular weight is 327 g/mol. The summed E-state index contributed by atoms with van der Waals surface area (Å²) in [6, 6.07) is 4.14. The number of alkyl halides is 3. The molecule has 0 unspecified atom stereocenters. The second kappa shape index (κ2) is 6.76. The number of benzene rings is 1. The van der Waals surface area contributed by atoms with Gasteiger partial charge in [-0.15, -0.1) is 0 Å². The number of hydrogen-bond donors (Lipinski definition) is 3. The summed E-state index contributed by atoms with van der Waals surface area (Å²) in [6.45, 7) is 0.463. The van der Waals surface area contributed by atoms with Crippen molar-refractivity contribution in [3.8, 4) is 5.75 Å². The summed E-state index contributed by atoms with van der Waals surface area (Å²) >= 11 is 0. The maximum absolute atomic E-state index is 12.5. The Morgan fingerprint density at radius 1 is 1.22 bits per heavy atom. The van der Waals surface area contributed by atoms with Gasteiger partial charge in [-0.3, -0.25) is 0 Å². The molecule has 0 heterocycles. The molecule has 4 nitrogen and oxygen atoms in total. The summed E-state index contributed by atoms with van der Waals surface area (Å²) in [7, 11) is 0. The van der Waals surface area contributed by atoms with E-state index in [0.29, 0.717) is 25.1 Å². The summed E-state index contributed by atoms with van der Waals surface area (Å²) in [5, 5.41) is 21.3. The molecule has 0 spiro atoms. The van der Waals surface area contributed by atoms with Gasteiger partial charge in [-0.05, 0) is 37.5 Å². The Hall–Kier alpha value is -2.44. The Morgan fingerprint density at radius 3 is 2.52 bits per heavy atom. The van der Waals surface area contributed by atoms with E-state index < -0.39 is 17.7 Å². The van der Waals surface area contributed by atoms with Crippen molar-refractivity contribution in [1.82, 2.24) is 0 Å². The summed E-state index contributed by atoms with van der Waals surface area (Å²) in [4.78, 5) is 10.9. The molecule has 3 N–H and O–H groups in total. The van der Waals surface area contributed by atoms with Crippen molar-refractivity contribution in [2.24, 2.45) is 0 Å². The first-order valence-electron chi connectivity index (χ1n) is 7.03.